The van der Waals surface area contributed by atoms with E-state index in [2.05, 4.69) is 15.9 Å². The Bertz CT molecular complexity index is 1270. The molecule has 0 aliphatic carbocycles. The van der Waals surface area contributed by atoms with Gasteiger partial charge in [0, 0.05) is 17.1 Å². The second-order valence-electron chi connectivity index (χ2n) is 7.46. The molecule has 0 spiro atoms. The van der Waals surface area contributed by atoms with Crippen LogP contribution in [0.4, 0.5) is 11.4 Å². The van der Waals surface area contributed by atoms with Gasteiger partial charge >= 0.3 is 0 Å². The number of hydrogen-bond donors (Lipinski definition) is 0. The highest BCUT2D eigenvalue weighted by Crippen LogP contribution is 2.33. The number of nitrogens with zero attached hydrogens (tertiary/aromatic N) is 2. The molecule has 1 aliphatic rings. The number of halogens is 2. The van der Waals surface area contributed by atoms with Crippen molar-refractivity contribution in [1.29, 1.82) is 0 Å². The summed E-state index contributed by atoms with van der Waals surface area (Å²) in [5.74, 6) is -1.16. The lowest BCUT2D eigenvalue weighted by atomic mass is 10.0. The quantitative estimate of drug-likeness (QED) is 0.430. The van der Waals surface area contributed by atoms with Gasteiger partial charge in [-0.15, -0.1) is 0 Å². The first-order valence-electron chi connectivity index (χ1n) is 9.52. The van der Waals surface area contributed by atoms with Gasteiger partial charge in [-0.05, 0) is 67.4 Å². The lowest BCUT2D eigenvalue weighted by Crippen LogP contribution is -2.30. The highest BCUT2D eigenvalue weighted by molar-refractivity contribution is 9.10. The molecule has 0 unspecified atom stereocenters. The van der Waals surface area contributed by atoms with Crippen molar-refractivity contribution < 1.29 is 14.4 Å². The van der Waals surface area contributed by atoms with Gasteiger partial charge in [-0.25, -0.2) is 4.90 Å². The monoisotopic (exact) mass is 496 g/mol. The molecule has 4 rings (SSSR count). The van der Waals surface area contributed by atoms with Crippen molar-refractivity contribution in [1.82, 2.24) is 0 Å². The Morgan fingerprint density at radius 3 is 2.35 bits per heavy atom. The van der Waals surface area contributed by atoms with Crippen LogP contribution in [0.25, 0.3) is 0 Å². The number of carbonyl (C=O) groups is 3. The maximum absolute atomic E-state index is 13.1. The van der Waals surface area contributed by atoms with Gasteiger partial charge in [0.25, 0.3) is 17.7 Å². The van der Waals surface area contributed by atoms with Crippen LogP contribution < -0.4 is 9.80 Å². The fourth-order valence-corrected chi connectivity index (χ4v) is 4.41. The second-order valence-corrected chi connectivity index (χ2v) is 8.78. The number of amides is 3. The number of imide groups is 1. The van der Waals surface area contributed by atoms with E-state index < -0.39 is 11.8 Å². The number of rotatable bonds is 3. The zero-order chi connectivity index (χ0) is 22.4. The summed E-state index contributed by atoms with van der Waals surface area (Å²) in [4.78, 5) is 41.8. The molecule has 1 aliphatic heterocycles. The normalized spacial score (nSPS) is 12.9. The Labute approximate surface area is 193 Å². The summed E-state index contributed by atoms with van der Waals surface area (Å²) in [6, 6.07) is 15.4. The molecule has 0 atom stereocenters. The number of anilines is 2. The van der Waals surface area contributed by atoms with Crippen molar-refractivity contribution >= 4 is 56.6 Å². The minimum atomic E-state index is -0.437. The van der Waals surface area contributed by atoms with Crippen LogP contribution in [-0.4, -0.2) is 24.8 Å². The minimum absolute atomic E-state index is 0.215. The minimum Gasteiger partial charge on any atom is -0.310 e. The standard InChI is InChI=1S/C24H18BrClN2O3/c1-13-4-5-14(2)21(10-13)28-23(30)17-8-6-15(11-18(17)24(28)31)22(29)27(3)20-9-7-16(25)12-19(20)26/h4-12H,1-3H3. The van der Waals surface area contributed by atoms with E-state index in [0.29, 0.717) is 22.0 Å². The van der Waals surface area contributed by atoms with E-state index in [9.17, 15) is 14.4 Å². The SMILES string of the molecule is Cc1ccc(C)c(N2C(=O)c3ccc(C(=O)N(C)c4ccc(Br)cc4Cl)cc3C2=O)c1. The van der Waals surface area contributed by atoms with E-state index in [1.54, 1.807) is 31.3 Å². The lowest BCUT2D eigenvalue weighted by Gasteiger charge is -2.19. The number of carbonyl (C=O) groups excluding carboxylic acids is 3. The molecule has 1 heterocycles. The zero-order valence-electron chi connectivity index (χ0n) is 17.1. The largest absolute Gasteiger partial charge is 0.310 e. The Kier molecular flexibility index (Phi) is 5.45. The summed E-state index contributed by atoms with van der Waals surface area (Å²) in [7, 11) is 1.61. The molecule has 0 fully saturated rings. The number of benzene rings is 3. The smallest absolute Gasteiger partial charge is 0.266 e. The van der Waals surface area contributed by atoms with Crippen LogP contribution in [-0.2, 0) is 0 Å². The van der Waals surface area contributed by atoms with Gasteiger partial charge in [-0.3, -0.25) is 14.4 Å². The van der Waals surface area contributed by atoms with Crippen LogP contribution in [0.3, 0.4) is 0 Å². The highest BCUT2D eigenvalue weighted by Gasteiger charge is 2.38. The van der Waals surface area contributed by atoms with E-state index in [-0.39, 0.29) is 17.0 Å². The maximum atomic E-state index is 13.1. The molecule has 0 saturated heterocycles. The first kappa shape index (κ1) is 21.3. The van der Waals surface area contributed by atoms with Crippen LogP contribution in [0.1, 0.15) is 42.2 Å². The van der Waals surface area contributed by atoms with Gasteiger partial charge in [-0.1, -0.05) is 39.7 Å². The van der Waals surface area contributed by atoms with Crippen LogP contribution in [0.15, 0.2) is 59.1 Å². The Hall–Kier alpha value is -2.96. The molecule has 0 N–H and O–H groups in total. The number of aryl methyl sites for hydroxylation is 2. The van der Waals surface area contributed by atoms with Crippen molar-refractivity contribution in [3.05, 3.63) is 91.9 Å². The Morgan fingerprint density at radius 2 is 1.65 bits per heavy atom. The lowest BCUT2D eigenvalue weighted by molar-refractivity contribution is 0.0925. The zero-order valence-corrected chi connectivity index (χ0v) is 19.4. The fraction of sp³-hybridized carbons (Fsp3) is 0.125. The molecule has 31 heavy (non-hydrogen) atoms. The third kappa shape index (κ3) is 3.66. The Morgan fingerprint density at radius 1 is 0.935 bits per heavy atom. The van der Waals surface area contributed by atoms with E-state index >= 15 is 0 Å². The van der Waals surface area contributed by atoms with Crippen molar-refractivity contribution in [2.45, 2.75) is 13.8 Å². The molecule has 3 aromatic rings. The molecular weight excluding hydrogens is 480 g/mol. The van der Waals surface area contributed by atoms with Gasteiger partial charge in [0.05, 0.1) is 27.5 Å². The first-order valence-corrected chi connectivity index (χ1v) is 10.7. The summed E-state index contributed by atoms with van der Waals surface area (Å²) < 4.78 is 0.801. The maximum Gasteiger partial charge on any atom is 0.266 e. The van der Waals surface area contributed by atoms with Crippen LogP contribution in [0, 0.1) is 13.8 Å². The molecule has 3 amide bonds. The molecule has 0 saturated carbocycles. The summed E-state index contributed by atoms with van der Waals surface area (Å²) in [5.41, 5.74) is 3.65. The third-order valence-corrected chi connectivity index (χ3v) is 6.11. The summed E-state index contributed by atoms with van der Waals surface area (Å²) >= 11 is 9.62. The molecule has 5 nitrogen and oxygen atoms in total. The summed E-state index contributed by atoms with van der Waals surface area (Å²) in [5, 5.41) is 0.415. The van der Waals surface area contributed by atoms with Gasteiger partial charge in [0.15, 0.2) is 0 Å². The van der Waals surface area contributed by atoms with Crippen molar-refractivity contribution in [2.24, 2.45) is 0 Å². The van der Waals surface area contributed by atoms with Gasteiger partial charge < -0.3 is 4.90 Å². The molecular formula is C24H18BrClN2O3. The number of hydrogen-bond acceptors (Lipinski definition) is 3. The number of fused-ring (bicyclic) bond motifs is 1. The molecule has 7 heteroatoms. The Balaban J connectivity index is 1.70. The van der Waals surface area contributed by atoms with Crippen LogP contribution in [0.2, 0.25) is 5.02 Å². The first-order chi connectivity index (χ1) is 14.7. The average molecular weight is 498 g/mol. The summed E-state index contributed by atoms with van der Waals surface area (Å²) in [6.45, 7) is 3.76. The molecule has 3 aromatic carbocycles. The van der Waals surface area contributed by atoms with Gasteiger partial charge in [0.2, 0.25) is 0 Å². The van der Waals surface area contributed by atoms with Crippen LogP contribution >= 0.6 is 27.5 Å². The topological polar surface area (TPSA) is 57.7 Å². The predicted octanol–water partition coefficient (Wildman–Crippen LogP) is 5.80. The second kappa shape index (κ2) is 7.94. The van der Waals surface area contributed by atoms with Crippen molar-refractivity contribution in [3.8, 4) is 0 Å². The predicted molar refractivity (Wildman–Crippen MR) is 125 cm³/mol. The average Bonchev–Trinajstić information content (AvgIpc) is 2.98. The van der Waals surface area contributed by atoms with Gasteiger partial charge in [0.1, 0.15) is 0 Å². The molecule has 156 valence electrons. The van der Waals surface area contributed by atoms with E-state index in [1.807, 2.05) is 32.0 Å². The highest BCUT2D eigenvalue weighted by atomic mass is 79.9. The van der Waals surface area contributed by atoms with Gasteiger partial charge in [-0.2, -0.15) is 0 Å². The molecule has 0 bridgehead atoms. The molecule has 0 radical (unpaired) electrons. The summed E-state index contributed by atoms with van der Waals surface area (Å²) in [6.07, 6.45) is 0. The third-order valence-electron chi connectivity index (χ3n) is 5.31. The van der Waals surface area contributed by atoms with Crippen LogP contribution in [0.5, 0.6) is 0 Å². The van der Waals surface area contributed by atoms with Crippen molar-refractivity contribution in [2.75, 3.05) is 16.8 Å². The van der Waals surface area contributed by atoms with E-state index in [0.717, 1.165) is 15.6 Å². The van der Waals surface area contributed by atoms with Crippen molar-refractivity contribution in [3.63, 3.8) is 0 Å². The fourth-order valence-electron chi connectivity index (χ4n) is 3.61. The van der Waals surface area contributed by atoms with E-state index in [1.165, 1.54) is 21.9 Å². The molecule has 0 aromatic heterocycles. The van der Waals surface area contributed by atoms with E-state index in [4.69, 9.17) is 11.6 Å².